The fourth-order valence-electron chi connectivity index (χ4n) is 3.55. The third-order valence-electron chi connectivity index (χ3n) is 5.11. The third-order valence-corrected chi connectivity index (χ3v) is 6.24. The SMILES string of the molecule is N#Cc1cccc(CN(C(=O)Cc2ccc(-n3cccc3)cc2)C2C=CS(=O)C2)c1. The summed E-state index contributed by atoms with van der Waals surface area (Å²) in [5.74, 6) is 0.385. The van der Waals surface area contributed by atoms with Crippen molar-refractivity contribution in [3.8, 4) is 11.8 Å². The molecule has 30 heavy (non-hydrogen) atoms. The fraction of sp³-hybridized carbons (Fsp3) is 0.167. The molecule has 6 heteroatoms. The Morgan fingerprint density at radius 2 is 1.87 bits per heavy atom. The maximum absolute atomic E-state index is 13.2. The van der Waals surface area contributed by atoms with Crippen LogP contribution in [0.25, 0.3) is 5.69 Å². The molecule has 1 amide bonds. The lowest BCUT2D eigenvalue weighted by molar-refractivity contribution is -0.132. The molecule has 0 radical (unpaired) electrons. The van der Waals surface area contributed by atoms with Crippen molar-refractivity contribution in [1.29, 1.82) is 5.26 Å². The second-order valence-corrected chi connectivity index (χ2v) is 8.58. The molecule has 2 heterocycles. The number of nitrogens with zero attached hydrogens (tertiary/aromatic N) is 3. The molecule has 1 aromatic heterocycles. The Labute approximate surface area is 178 Å². The Kier molecular flexibility index (Phi) is 5.92. The van der Waals surface area contributed by atoms with Crippen molar-refractivity contribution >= 4 is 16.7 Å². The van der Waals surface area contributed by atoms with Crippen LogP contribution in [0.5, 0.6) is 0 Å². The lowest BCUT2D eigenvalue weighted by Gasteiger charge is -2.28. The van der Waals surface area contributed by atoms with Crippen LogP contribution in [0.4, 0.5) is 0 Å². The number of hydrogen-bond acceptors (Lipinski definition) is 3. The van der Waals surface area contributed by atoms with Gasteiger partial charge in [0.2, 0.25) is 5.91 Å². The first-order chi connectivity index (χ1) is 14.6. The number of carbonyl (C=O) groups excluding carboxylic acids is 1. The van der Waals surface area contributed by atoms with Gasteiger partial charge in [-0.15, -0.1) is 0 Å². The summed E-state index contributed by atoms with van der Waals surface area (Å²) >= 11 is 0. The van der Waals surface area contributed by atoms with Gasteiger partial charge in [-0.25, -0.2) is 0 Å². The summed E-state index contributed by atoms with van der Waals surface area (Å²) in [7, 11) is -1.05. The molecule has 0 spiro atoms. The molecule has 4 rings (SSSR count). The zero-order valence-corrected chi connectivity index (χ0v) is 17.2. The van der Waals surface area contributed by atoms with Gasteiger partial charge in [-0.05, 0) is 47.5 Å². The summed E-state index contributed by atoms with van der Waals surface area (Å²) in [5, 5.41) is 10.8. The molecule has 0 saturated heterocycles. The number of amides is 1. The third kappa shape index (κ3) is 4.58. The fourth-order valence-corrected chi connectivity index (χ4v) is 4.64. The van der Waals surface area contributed by atoms with E-state index in [-0.39, 0.29) is 18.4 Å². The number of hydrogen-bond donors (Lipinski definition) is 0. The highest BCUT2D eigenvalue weighted by atomic mass is 32.2. The van der Waals surface area contributed by atoms with E-state index in [0.29, 0.717) is 17.9 Å². The summed E-state index contributed by atoms with van der Waals surface area (Å²) in [6, 6.07) is 21.0. The lowest BCUT2D eigenvalue weighted by Crippen LogP contribution is -2.40. The van der Waals surface area contributed by atoms with Crippen LogP contribution >= 0.6 is 0 Å². The van der Waals surface area contributed by atoms with Gasteiger partial charge in [0, 0.05) is 40.8 Å². The van der Waals surface area contributed by atoms with Gasteiger partial charge in [0.1, 0.15) is 0 Å². The highest BCUT2D eigenvalue weighted by Gasteiger charge is 2.26. The van der Waals surface area contributed by atoms with E-state index in [4.69, 9.17) is 5.26 Å². The van der Waals surface area contributed by atoms with Gasteiger partial charge in [-0.3, -0.25) is 9.00 Å². The highest BCUT2D eigenvalue weighted by Crippen LogP contribution is 2.19. The van der Waals surface area contributed by atoms with E-state index in [2.05, 4.69) is 6.07 Å². The van der Waals surface area contributed by atoms with Crippen LogP contribution in [0, 0.1) is 11.3 Å². The number of benzene rings is 2. The molecule has 2 unspecified atom stereocenters. The Morgan fingerprint density at radius 3 is 2.53 bits per heavy atom. The molecular weight excluding hydrogens is 394 g/mol. The summed E-state index contributed by atoms with van der Waals surface area (Å²) < 4.78 is 13.9. The van der Waals surface area contributed by atoms with Crippen LogP contribution in [0.2, 0.25) is 0 Å². The monoisotopic (exact) mass is 415 g/mol. The molecule has 1 aliphatic heterocycles. The van der Waals surface area contributed by atoms with Gasteiger partial charge in [0.05, 0.1) is 29.8 Å². The minimum absolute atomic E-state index is 0.0281. The lowest BCUT2D eigenvalue weighted by atomic mass is 10.1. The van der Waals surface area contributed by atoms with Gasteiger partial charge in [0.15, 0.2) is 0 Å². The molecule has 0 fully saturated rings. The van der Waals surface area contributed by atoms with Crippen molar-refractivity contribution in [2.24, 2.45) is 0 Å². The van der Waals surface area contributed by atoms with E-state index in [0.717, 1.165) is 16.8 Å². The molecule has 150 valence electrons. The Bertz CT molecular complexity index is 1130. The van der Waals surface area contributed by atoms with E-state index in [1.165, 1.54) is 0 Å². The number of aromatic nitrogens is 1. The largest absolute Gasteiger partial charge is 0.331 e. The van der Waals surface area contributed by atoms with Gasteiger partial charge < -0.3 is 9.47 Å². The molecule has 5 nitrogen and oxygen atoms in total. The Morgan fingerprint density at radius 1 is 1.10 bits per heavy atom. The van der Waals surface area contributed by atoms with Gasteiger partial charge in [-0.2, -0.15) is 5.26 Å². The molecule has 1 aliphatic rings. The topological polar surface area (TPSA) is 66.1 Å². The van der Waals surface area contributed by atoms with Crippen molar-refractivity contribution in [1.82, 2.24) is 9.47 Å². The van der Waals surface area contributed by atoms with Crippen LogP contribution in [0.1, 0.15) is 16.7 Å². The number of nitriles is 1. The minimum Gasteiger partial charge on any atom is -0.331 e. The predicted octanol–water partition coefficient (Wildman–Crippen LogP) is 3.56. The van der Waals surface area contributed by atoms with Crippen molar-refractivity contribution in [2.45, 2.75) is 19.0 Å². The summed E-state index contributed by atoms with van der Waals surface area (Å²) in [6.07, 6.45) is 6.06. The average molecular weight is 416 g/mol. The molecular formula is C24H21N3O2S. The smallest absolute Gasteiger partial charge is 0.227 e. The number of carbonyl (C=O) groups is 1. The zero-order valence-electron chi connectivity index (χ0n) is 16.3. The summed E-state index contributed by atoms with van der Waals surface area (Å²) in [5.41, 5.74) is 3.41. The highest BCUT2D eigenvalue weighted by molar-refractivity contribution is 7.88. The first kappa shape index (κ1) is 19.9. The van der Waals surface area contributed by atoms with Gasteiger partial charge >= 0.3 is 0 Å². The number of rotatable bonds is 6. The second kappa shape index (κ2) is 8.93. The normalized spacial score (nSPS) is 17.6. The van der Waals surface area contributed by atoms with Crippen molar-refractivity contribution in [2.75, 3.05) is 5.75 Å². The van der Waals surface area contributed by atoms with Crippen LogP contribution in [0.15, 0.2) is 84.5 Å². The molecule has 0 aliphatic carbocycles. The molecule has 3 aromatic rings. The maximum Gasteiger partial charge on any atom is 0.227 e. The van der Waals surface area contributed by atoms with Crippen molar-refractivity contribution in [3.05, 3.63) is 101 Å². The van der Waals surface area contributed by atoms with Crippen molar-refractivity contribution < 1.29 is 9.00 Å². The predicted molar refractivity (Wildman–Crippen MR) is 117 cm³/mol. The van der Waals surface area contributed by atoms with Crippen molar-refractivity contribution in [3.63, 3.8) is 0 Å². The van der Waals surface area contributed by atoms with Crippen LogP contribution in [-0.2, 0) is 28.6 Å². The van der Waals surface area contributed by atoms with E-state index in [9.17, 15) is 9.00 Å². The average Bonchev–Trinajstić information content (AvgIpc) is 3.45. The van der Waals surface area contributed by atoms with Gasteiger partial charge in [0.25, 0.3) is 0 Å². The van der Waals surface area contributed by atoms with E-state index in [1.807, 2.05) is 71.6 Å². The van der Waals surface area contributed by atoms with E-state index >= 15 is 0 Å². The maximum atomic E-state index is 13.2. The molecule has 2 atom stereocenters. The quantitative estimate of drug-likeness (QED) is 0.618. The van der Waals surface area contributed by atoms with E-state index < -0.39 is 10.8 Å². The Balaban J connectivity index is 1.52. The second-order valence-electron chi connectivity index (χ2n) is 7.21. The van der Waals surface area contributed by atoms with Gasteiger partial charge in [-0.1, -0.05) is 30.3 Å². The molecule has 0 bridgehead atoms. The molecule has 2 aromatic carbocycles. The first-order valence-corrected chi connectivity index (χ1v) is 11.1. The summed E-state index contributed by atoms with van der Waals surface area (Å²) in [6.45, 7) is 0.377. The standard InChI is InChI=1S/C24H21N3O2S/c25-16-20-4-3-5-21(14-20)17-27(23-10-13-30(29)18-23)24(28)15-19-6-8-22(9-7-19)26-11-1-2-12-26/h1-14,23H,15,17-18H2. The molecule has 0 saturated carbocycles. The minimum atomic E-state index is -1.05. The van der Waals surface area contributed by atoms with Crippen LogP contribution < -0.4 is 0 Å². The first-order valence-electron chi connectivity index (χ1n) is 9.69. The van der Waals surface area contributed by atoms with Crippen LogP contribution in [0.3, 0.4) is 0 Å². The molecule has 0 N–H and O–H groups in total. The summed E-state index contributed by atoms with van der Waals surface area (Å²) in [4.78, 5) is 15.0. The van der Waals surface area contributed by atoms with E-state index in [1.54, 1.807) is 22.4 Å². The Hall–Kier alpha value is -3.43. The zero-order chi connectivity index (χ0) is 20.9. The van der Waals surface area contributed by atoms with Crippen LogP contribution in [-0.4, -0.2) is 31.4 Å².